The van der Waals surface area contributed by atoms with Crippen molar-refractivity contribution >= 4 is 17.7 Å². The summed E-state index contributed by atoms with van der Waals surface area (Å²) >= 11 is 0. The number of fused-ring (bicyclic) bond motifs is 5. The lowest BCUT2D eigenvalue weighted by atomic mass is 9.45. The van der Waals surface area contributed by atoms with E-state index in [2.05, 4.69) is 13.8 Å². The standard InChI is InChI=1S/C28H36O5/c1-17(29)32-20-11-13-27(2)19(15-20)16-23(30)25-21-9-10-24(28(21,3)14-12-22(25)27)33-26(31)18-7-5-4-6-8-18/h4-8,19-22,24-25H,9-16H2,1-3H3/t19-,20+,21-,22-,24+,25-,27+,28+/m1/s1. The summed E-state index contributed by atoms with van der Waals surface area (Å²) < 4.78 is 11.6. The van der Waals surface area contributed by atoms with E-state index in [1.54, 1.807) is 12.1 Å². The summed E-state index contributed by atoms with van der Waals surface area (Å²) in [5.41, 5.74) is 0.571. The van der Waals surface area contributed by atoms with Crippen LogP contribution in [0.15, 0.2) is 30.3 Å². The van der Waals surface area contributed by atoms with Crippen molar-refractivity contribution < 1.29 is 23.9 Å². The van der Waals surface area contributed by atoms with Gasteiger partial charge in [-0.15, -0.1) is 0 Å². The van der Waals surface area contributed by atoms with Gasteiger partial charge in [0.2, 0.25) is 0 Å². The van der Waals surface area contributed by atoms with E-state index in [1.807, 2.05) is 18.2 Å². The van der Waals surface area contributed by atoms with Crippen LogP contribution in [0.25, 0.3) is 0 Å². The van der Waals surface area contributed by atoms with Crippen LogP contribution < -0.4 is 0 Å². The Balaban J connectivity index is 1.34. The molecule has 33 heavy (non-hydrogen) atoms. The molecule has 4 aliphatic carbocycles. The van der Waals surface area contributed by atoms with Crippen LogP contribution in [-0.4, -0.2) is 29.9 Å². The number of hydrogen-bond donors (Lipinski definition) is 0. The molecule has 5 rings (SSSR count). The van der Waals surface area contributed by atoms with Gasteiger partial charge >= 0.3 is 11.9 Å². The Bertz CT molecular complexity index is 941. The molecular formula is C28H36O5. The zero-order valence-corrected chi connectivity index (χ0v) is 20.0. The van der Waals surface area contributed by atoms with Crippen molar-refractivity contribution in [1.82, 2.24) is 0 Å². The second-order valence-electron chi connectivity index (χ2n) is 11.5. The van der Waals surface area contributed by atoms with E-state index in [1.165, 1.54) is 6.92 Å². The molecule has 0 aliphatic heterocycles. The zero-order chi connectivity index (χ0) is 23.4. The molecule has 4 saturated carbocycles. The molecule has 0 unspecified atom stereocenters. The van der Waals surface area contributed by atoms with E-state index in [0.717, 1.165) is 44.9 Å². The highest BCUT2D eigenvalue weighted by Crippen LogP contribution is 2.65. The van der Waals surface area contributed by atoms with Gasteiger partial charge in [-0.25, -0.2) is 4.79 Å². The minimum atomic E-state index is -0.254. The molecule has 5 heteroatoms. The van der Waals surface area contributed by atoms with Crippen LogP contribution in [0.2, 0.25) is 0 Å². The van der Waals surface area contributed by atoms with Crippen molar-refractivity contribution in [2.45, 2.75) is 84.3 Å². The third kappa shape index (κ3) is 3.72. The molecule has 5 nitrogen and oxygen atoms in total. The molecule has 8 atom stereocenters. The minimum Gasteiger partial charge on any atom is -0.463 e. The van der Waals surface area contributed by atoms with Crippen LogP contribution in [0.3, 0.4) is 0 Å². The lowest BCUT2D eigenvalue weighted by Crippen LogP contribution is -2.58. The fourth-order valence-electron chi connectivity index (χ4n) is 8.15. The predicted octanol–water partition coefficient (Wildman–Crippen LogP) is 5.37. The Morgan fingerprint density at radius 3 is 2.33 bits per heavy atom. The van der Waals surface area contributed by atoms with Crippen LogP contribution in [0, 0.1) is 34.5 Å². The smallest absolute Gasteiger partial charge is 0.338 e. The Hall–Kier alpha value is -2.17. The van der Waals surface area contributed by atoms with Gasteiger partial charge in [0, 0.05) is 24.7 Å². The highest BCUT2D eigenvalue weighted by Gasteiger charge is 2.63. The summed E-state index contributed by atoms with van der Waals surface area (Å²) in [5, 5.41) is 0. The van der Waals surface area contributed by atoms with Gasteiger partial charge in [-0.3, -0.25) is 9.59 Å². The number of ether oxygens (including phenoxy) is 2. The molecule has 178 valence electrons. The van der Waals surface area contributed by atoms with Crippen LogP contribution in [0.1, 0.15) is 82.5 Å². The molecule has 0 N–H and O–H groups in total. The van der Waals surface area contributed by atoms with Crippen molar-refractivity contribution in [1.29, 1.82) is 0 Å². The first kappa shape index (κ1) is 22.6. The van der Waals surface area contributed by atoms with Crippen molar-refractivity contribution in [3.8, 4) is 0 Å². The fraction of sp³-hybridized carbons (Fsp3) is 0.679. The molecule has 0 aromatic heterocycles. The quantitative estimate of drug-likeness (QED) is 0.577. The molecule has 1 aromatic rings. The third-order valence-corrected chi connectivity index (χ3v) is 9.93. The summed E-state index contributed by atoms with van der Waals surface area (Å²) in [7, 11) is 0. The average Bonchev–Trinajstić information content (AvgIpc) is 3.11. The molecule has 0 saturated heterocycles. The summed E-state index contributed by atoms with van der Waals surface area (Å²) in [6.45, 7) is 6.11. The van der Waals surface area contributed by atoms with E-state index in [-0.39, 0.29) is 46.8 Å². The van der Waals surface area contributed by atoms with Crippen molar-refractivity contribution in [3.63, 3.8) is 0 Å². The monoisotopic (exact) mass is 452 g/mol. The van der Waals surface area contributed by atoms with E-state index < -0.39 is 0 Å². The summed E-state index contributed by atoms with van der Waals surface area (Å²) in [6, 6.07) is 9.20. The number of Topliss-reactive ketones (excluding diaryl/α,β-unsaturated/α-hetero) is 1. The first-order valence-electron chi connectivity index (χ1n) is 12.7. The van der Waals surface area contributed by atoms with Gasteiger partial charge in [-0.2, -0.15) is 0 Å². The van der Waals surface area contributed by atoms with Gasteiger partial charge in [0.1, 0.15) is 18.0 Å². The van der Waals surface area contributed by atoms with Crippen LogP contribution in [-0.2, 0) is 19.1 Å². The Kier molecular flexibility index (Phi) is 5.65. The van der Waals surface area contributed by atoms with E-state index in [4.69, 9.17) is 9.47 Å². The highest BCUT2D eigenvalue weighted by molar-refractivity contribution is 5.89. The van der Waals surface area contributed by atoms with E-state index in [9.17, 15) is 14.4 Å². The number of ketones is 1. The summed E-state index contributed by atoms with van der Waals surface area (Å²) in [4.78, 5) is 37.8. The topological polar surface area (TPSA) is 69.7 Å². The Labute approximate surface area is 196 Å². The SMILES string of the molecule is CC(=O)O[C@H]1CC[C@@]2(C)[C@@H](CC(=O)[C@H]3[C@H]2CC[C@]2(C)[C@@H](OC(=O)c4ccccc4)CC[C@H]32)C1. The van der Waals surface area contributed by atoms with Gasteiger partial charge in [-0.1, -0.05) is 32.0 Å². The number of esters is 2. The predicted molar refractivity (Wildman–Crippen MR) is 123 cm³/mol. The number of rotatable bonds is 3. The summed E-state index contributed by atoms with van der Waals surface area (Å²) in [5.74, 6) is 0.925. The maximum Gasteiger partial charge on any atom is 0.338 e. The first-order chi connectivity index (χ1) is 15.7. The van der Waals surface area contributed by atoms with Gasteiger partial charge in [0.05, 0.1) is 5.56 Å². The molecule has 0 amide bonds. The lowest BCUT2D eigenvalue weighted by molar-refractivity contribution is -0.168. The van der Waals surface area contributed by atoms with Crippen LogP contribution in [0.5, 0.6) is 0 Å². The van der Waals surface area contributed by atoms with Crippen molar-refractivity contribution in [2.24, 2.45) is 34.5 Å². The summed E-state index contributed by atoms with van der Waals surface area (Å²) in [6.07, 6.45) is 6.92. The highest BCUT2D eigenvalue weighted by atomic mass is 16.5. The van der Waals surface area contributed by atoms with E-state index in [0.29, 0.717) is 29.6 Å². The lowest BCUT2D eigenvalue weighted by Gasteiger charge is -2.59. The molecular weight excluding hydrogens is 416 g/mol. The molecule has 0 bridgehead atoms. The van der Waals surface area contributed by atoms with Gasteiger partial charge in [0.15, 0.2) is 0 Å². The van der Waals surface area contributed by atoms with E-state index >= 15 is 0 Å². The van der Waals surface area contributed by atoms with Crippen LogP contribution in [0.4, 0.5) is 0 Å². The minimum absolute atomic E-state index is 0.0490. The van der Waals surface area contributed by atoms with Gasteiger partial charge in [-0.05, 0) is 80.2 Å². The molecule has 4 aliphatic rings. The second-order valence-corrected chi connectivity index (χ2v) is 11.5. The number of benzene rings is 1. The first-order valence-corrected chi connectivity index (χ1v) is 12.7. The number of carbonyl (C=O) groups is 3. The molecule has 0 heterocycles. The Morgan fingerprint density at radius 2 is 1.61 bits per heavy atom. The second kappa shape index (κ2) is 8.25. The van der Waals surface area contributed by atoms with Crippen molar-refractivity contribution in [2.75, 3.05) is 0 Å². The van der Waals surface area contributed by atoms with Gasteiger partial charge in [0.25, 0.3) is 0 Å². The molecule has 0 radical (unpaired) electrons. The normalized spacial score (nSPS) is 42.0. The molecule has 0 spiro atoms. The Morgan fingerprint density at radius 1 is 0.909 bits per heavy atom. The fourth-order valence-corrected chi connectivity index (χ4v) is 8.15. The van der Waals surface area contributed by atoms with Gasteiger partial charge < -0.3 is 9.47 Å². The molecule has 4 fully saturated rings. The largest absolute Gasteiger partial charge is 0.463 e. The number of carbonyl (C=O) groups excluding carboxylic acids is 3. The van der Waals surface area contributed by atoms with Crippen molar-refractivity contribution in [3.05, 3.63) is 35.9 Å². The average molecular weight is 453 g/mol. The third-order valence-electron chi connectivity index (χ3n) is 9.93. The maximum atomic E-state index is 13.6. The maximum absolute atomic E-state index is 13.6. The zero-order valence-electron chi connectivity index (χ0n) is 20.0. The molecule has 1 aromatic carbocycles. The number of hydrogen-bond acceptors (Lipinski definition) is 5. The van der Waals surface area contributed by atoms with Crippen LogP contribution >= 0.6 is 0 Å².